The molecule has 140 valence electrons. The van der Waals surface area contributed by atoms with Crippen molar-refractivity contribution in [3.63, 3.8) is 0 Å². The number of carbonyl (C=O) groups excluding carboxylic acids is 2. The first-order chi connectivity index (χ1) is 13.0. The first kappa shape index (κ1) is 20.0. The van der Waals surface area contributed by atoms with Crippen molar-refractivity contribution in [2.24, 2.45) is 5.16 Å². The summed E-state index contributed by atoms with van der Waals surface area (Å²) in [5.41, 5.74) is 1.48. The summed E-state index contributed by atoms with van der Waals surface area (Å²) in [6.07, 6.45) is 0.961. The van der Waals surface area contributed by atoms with Gasteiger partial charge >= 0.3 is 11.9 Å². The van der Waals surface area contributed by atoms with Crippen LogP contribution in [0.3, 0.4) is 0 Å². The van der Waals surface area contributed by atoms with E-state index in [1.54, 1.807) is 42.5 Å². The summed E-state index contributed by atoms with van der Waals surface area (Å²) in [5.74, 6) is -1.51. The molecular formula is C19H17ClN2O5. The SMILES string of the molecule is COC(=O)/C=C(/Nc1ccc(Cl)cc1/C(=N/O)c1ccccc1)C(=O)OC. The second-order valence-corrected chi connectivity index (χ2v) is 5.64. The smallest absolute Gasteiger partial charge is 0.354 e. The van der Waals surface area contributed by atoms with E-state index in [4.69, 9.17) is 11.6 Å². The first-order valence-electron chi connectivity index (χ1n) is 7.72. The molecule has 0 spiro atoms. The highest BCUT2D eigenvalue weighted by atomic mass is 35.5. The topological polar surface area (TPSA) is 97.2 Å². The molecule has 2 aromatic rings. The summed E-state index contributed by atoms with van der Waals surface area (Å²) < 4.78 is 9.23. The molecule has 0 amide bonds. The Hall–Kier alpha value is -3.32. The van der Waals surface area contributed by atoms with Crippen molar-refractivity contribution < 1.29 is 24.3 Å². The quantitative estimate of drug-likeness (QED) is 0.259. The molecule has 0 unspecified atom stereocenters. The number of methoxy groups -OCH3 is 2. The molecule has 0 aromatic heterocycles. The Balaban J connectivity index is 2.53. The van der Waals surface area contributed by atoms with Gasteiger partial charge in [-0.15, -0.1) is 0 Å². The van der Waals surface area contributed by atoms with Crippen molar-refractivity contribution in [1.29, 1.82) is 0 Å². The van der Waals surface area contributed by atoms with Crippen LogP contribution in [0.5, 0.6) is 0 Å². The molecule has 0 saturated carbocycles. The molecule has 2 N–H and O–H groups in total. The normalized spacial score (nSPS) is 11.7. The van der Waals surface area contributed by atoms with Gasteiger partial charge in [0.25, 0.3) is 0 Å². The second kappa shape index (κ2) is 9.40. The molecule has 0 radical (unpaired) electrons. The van der Waals surface area contributed by atoms with Crippen LogP contribution in [-0.4, -0.2) is 37.1 Å². The number of esters is 2. The van der Waals surface area contributed by atoms with Gasteiger partial charge in [-0.25, -0.2) is 9.59 Å². The fourth-order valence-corrected chi connectivity index (χ4v) is 2.43. The Morgan fingerprint density at radius 3 is 2.41 bits per heavy atom. The molecule has 0 aliphatic carbocycles. The van der Waals surface area contributed by atoms with E-state index in [-0.39, 0.29) is 11.4 Å². The maximum absolute atomic E-state index is 12.0. The van der Waals surface area contributed by atoms with E-state index >= 15 is 0 Å². The number of nitrogens with one attached hydrogen (secondary N) is 1. The molecule has 27 heavy (non-hydrogen) atoms. The van der Waals surface area contributed by atoms with Crippen LogP contribution in [0.15, 0.2) is 65.5 Å². The number of ether oxygens (including phenoxy) is 2. The minimum atomic E-state index is -0.775. The summed E-state index contributed by atoms with van der Waals surface area (Å²) in [6.45, 7) is 0. The van der Waals surface area contributed by atoms with Gasteiger partial charge in [0.15, 0.2) is 0 Å². The highest BCUT2D eigenvalue weighted by Crippen LogP contribution is 2.25. The molecule has 0 aliphatic rings. The lowest BCUT2D eigenvalue weighted by molar-refractivity contribution is -0.138. The summed E-state index contributed by atoms with van der Waals surface area (Å²) in [6, 6.07) is 13.6. The fraction of sp³-hybridized carbons (Fsp3) is 0.105. The fourth-order valence-electron chi connectivity index (χ4n) is 2.26. The van der Waals surface area contributed by atoms with Crippen LogP contribution in [0.2, 0.25) is 5.02 Å². The van der Waals surface area contributed by atoms with E-state index < -0.39 is 11.9 Å². The van der Waals surface area contributed by atoms with E-state index in [9.17, 15) is 14.8 Å². The predicted octanol–water partition coefficient (Wildman–Crippen LogP) is 3.21. The number of oxime groups is 1. The zero-order valence-corrected chi connectivity index (χ0v) is 15.4. The number of halogens is 1. The molecule has 0 aliphatic heterocycles. The van der Waals surface area contributed by atoms with E-state index in [1.807, 2.05) is 6.07 Å². The van der Waals surface area contributed by atoms with E-state index in [0.29, 0.717) is 21.8 Å². The van der Waals surface area contributed by atoms with Crippen molar-refractivity contribution in [1.82, 2.24) is 0 Å². The van der Waals surface area contributed by atoms with Crippen molar-refractivity contribution in [3.05, 3.63) is 76.5 Å². The average molecular weight is 389 g/mol. The lowest BCUT2D eigenvalue weighted by atomic mass is 10.0. The van der Waals surface area contributed by atoms with Crippen LogP contribution >= 0.6 is 11.6 Å². The van der Waals surface area contributed by atoms with Gasteiger partial charge in [-0.1, -0.05) is 47.1 Å². The zero-order chi connectivity index (χ0) is 19.8. The highest BCUT2D eigenvalue weighted by molar-refractivity contribution is 6.31. The average Bonchev–Trinajstić information content (AvgIpc) is 2.69. The van der Waals surface area contributed by atoms with Crippen LogP contribution in [0.25, 0.3) is 0 Å². The summed E-state index contributed by atoms with van der Waals surface area (Å²) >= 11 is 6.09. The van der Waals surface area contributed by atoms with Crippen LogP contribution < -0.4 is 5.32 Å². The summed E-state index contributed by atoms with van der Waals surface area (Å²) in [5, 5.41) is 16.1. The first-order valence-corrected chi connectivity index (χ1v) is 8.10. The van der Waals surface area contributed by atoms with Crippen molar-refractivity contribution >= 4 is 34.9 Å². The van der Waals surface area contributed by atoms with Crippen molar-refractivity contribution in [2.45, 2.75) is 0 Å². The van der Waals surface area contributed by atoms with Gasteiger partial charge in [-0.2, -0.15) is 0 Å². The summed E-state index contributed by atoms with van der Waals surface area (Å²) in [7, 11) is 2.37. The van der Waals surface area contributed by atoms with Crippen LogP contribution in [0.4, 0.5) is 5.69 Å². The molecule has 0 fully saturated rings. The number of carbonyl (C=O) groups is 2. The molecule has 2 rings (SSSR count). The minimum Gasteiger partial charge on any atom is -0.466 e. The third kappa shape index (κ3) is 5.08. The van der Waals surface area contributed by atoms with Gasteiger partial charge in [0.2, 0.25) is 0 Å². The second-order valence-electron chi connectivity index (χ2n) is 5.20. The lowest BCUT2D eigenvalue weighted by Gasteiger charge is -2.15. The third-order valence-corrected chi connectivity index (χ3v) is 3.76. The number of benzene rings is 2. The number of nitrogens with zero attached hydrogens (tertiary/aromatic N) is 1. The minimum absolute atomic E-state index is 0.154. The highest BCUT2D eigenvalue weighted by Gasteiger charge is 2.18. The molecule has 7 nitrogen and oxygen atoms in total. The zero-order valence-electron chi connectivity index (χ0n) is 14.6. The molecule has 0 atom stereocenters. The monoisotopic (exact) mass is 388 g/mol. The van der Waals surface area contributed by atoms with Gasteiger partial charge < -0.3 is 20.0 Å². The predicted molar refractivity (Wildman–Crippen MR) is 101 cm³/mol. The Kier molecular flexibility index (Phi) is 6.96. The maximum Gasteiger partial charge on any atom is 0.354 e. The number of anilines is 1. The van der Waals surface area contributed by atoms with E-state index in [1.165, 1.54) is 14.2 Å². The van der Waals surface area contributed by atoms with Gasteiger partial charge in [-0.3, -0.25) is 0 Å². The lowest BCUT2D eigenvalue weighted by Crippen LogP contribution is -2.17. The van der Waals surface area contributed by atoms with Crippen LogP contribution in [0.1, 0.15) is 11.1 Å². The van der Waals surface area contributed by atoms with Gasteiger partial charge in [0.05, 0.1) is 20.3 Å². The third-order valence-electron chi connectivity index (χ3n) is 3.52. The van der Waals surface area contributed by atoms with E-state index in [0.717, 1.165) is 6.08 Å². The maximum atomic E-state index is 12.0. The standard InChI is InChI=1S/C19H17ClN2O5/c1-26-17(23)11-16(19(24)27-2)21-15-9-8-13(20)10-14(15)18(22-25)12-6-4-3-5-7-12/h3-11,21,25H,1-2H3/b16-11+,22-18+. The molecule has 0 saturated heterocycles. The van der Waals surface area contributed by atoms with Crippen molar-refractivity contribution in [2.75, 3.05) is 19.5 Å². The van der Waals surface area contributed by atoms with Gasteiger partial charge in [0, 0.05) is 21.8 Å². The Labute approximate surface area is 160 Å². The Morgan fingerprint density at radius 1 is 1.11 bits per heavy atom. The Morgan fingerprint density at radius 2 is 1.81 bits per heavy atom. The number of hydrogen-bond acceptors (Lipinski definition) is 7. The molecular weight excluding hydrogens is 372 g/mol. The number of hydrogen-bond donors (Lipinski definition) is 2. The van der Waals surface area contributed by atoms with E-state index in [2.05, 4.69) is 19.9 Å². The number of rotatable bonds is 6. The van der Waals surface area contributed by atoms with Crippen LogP contribution in [-0.2, 0) is 19.1 Å². The molecule has 0 bridgehead atoms. The molecule has 2 aromatic carbocycles. The van der Waals surface area contributed by atoms with Gasteiger partial charge in [-0.05, 0) is 18.2 Å². The Bertz CT molecular complexity index is 894. The largest absolute Gasteiger partial charge is 0.466 e. The van der Waals surface area contributed by atoms with Gasteiger partial charge in [0.1, 0.15) is 11.4 Å². The van der Waals surface area contributed by atoms with Crippen LogP contribution in [0, 0.1) is 0 Å². The molecule has 8 heteroatoms. The molecule has 0 heterocycles. The summed E-state index contributed by atoms with van der Waals surface area (Å²) in [4.78, 5) is 23.5. The van der Waals surface area contributed by atoms with Crippen molar-refractivity contribution in [3.8, 4) is 0 Å².